The Kier molecular flexibility index (Phi) is 4.97. The third-order valence-corrected chi connectivity index (χ3v) is 7.28. The van der Waals surface area contributed by atoms with Crippen LogP contribution >= 0.6 is 0 Å². The lowest BCUT2D eigenvalue weighted by atomic mass is 9.91. The molecule has 0 spiro atoms. The average molecular weight is 445 g/mol. The summed E-state index contributed by atoms with van der Waals surface area (Å²) in [6.45, 7) is 3.82. The number of aryl methyl sites for hydroxylation is 1. The average Bonchev–Trinajstić information content (AvgIpc) is 3.15. The maximum Gasteiger partial charge on any atom is 0.227 e. The number of amides is 1. The van der Waals surface area contributed by atoms with Crippen LogP contribution < -0.4 is 0 Å². The van der Waals surface area contributed by atoms with Crippen molar-refractivity contribution in [1.82, 2.24) is 4.90 Å². The van der Waals surface area contributed by atoms with Gasteiger partial charge in [0.2, 0.25) is 5.91 Å². The van der Waals surface area contributed by atoms with Gasteiger partial charge in [-0.1, -0.05) is 48.0 Å². The quantitative estimate of drug-likeness (QED) is 0.614. The molecule has 162 valence electrons. The smallest absolute Gasteiger partial charge is 0.227 e. The minimum Gasteiger partial charge on any atom is -0.334 e. The van der Waals surface area contributed by atoms with E-state index < -0.39 is 9.84 Å². The largest absolute Gasteiger partial charge is 0.334 e. The van der Waals surface area contributed by atoms with E-state index in [9.17, 15) is 13.2 Å². The molecule has 0 saturated carbocycles. The molecule has 2 heterocycles. The van der Waals surface area contributed by atoms with E-state index in [1.54, 1.807) is 12.1 Å². The van der Waals surface area contributed by atoms with Gasteiger partial charge in [0.15, 0.2) is 9.84 Å². The molecule has 32 heavy (non-hydrogen) atoms. The molecule has 3 aromatic carbocycles. The van der Waals surface area contributed by atoms with Gasteiger partial charge in [0, 0.05) is 30.5 Å². The fraction of sp³-hybridized carbons (Fsp3) is 0.231. The molecule has 0 fully saturated rings. The Morgan fingerprint density at radius 3 is 2.47 bits per heavy atom. The van der Waals surface area contributed by atoms with Gasteiger partial charge in [-0.05, 0) is 47.4 Å². The van der Waals surface area contributed by atoms with E-state index >= 15 is 0 Å². The van der Waals surface area contributed by atoms with Gasteiger partial charge in [0.1, 0.15) is 0 Å². The Labute approximate surface area is 188 Å². The van der Waals surface area contributed by atoms with Gasteiger partial charge in [0.05, 0.1) is 23.6 Å². The number of aliphatic imine (C=N–C) groups is 1. The van der Waals surface area contributed by atoms with Crippen LogP contribution in [0.15, 0.2) is 70.6 Å². The molecule has 0 unspecified atom stereocenters. The molecule has 3 aromatic rings. The molecular weight excluding hydrogens is 420 g/mol. The van der Waals surface area contributed by atoms with Crippen LogP contribution in [0.5, 0.6) is 0 Å². The van der Waals surface area contributed by atoms with Crippen LogP contribution in [-0.2, 0) is 40.7 Å². The van der Waals surface area contributed by atoms with E-state index in [4.69, 9.17) is 4.99 Å². The molecule has 2 aliphatic heterocycles. The minimum atomic E-state index is -3.23. The van der Waals surface area contributed by atoms with Crippen LogP contribution in [0.4, 0.5) is 0 Å². The van der Waals surface area contributed by atoms with Crippen LogP contribution in [0.2, 0.25) is 0 Å². The molecule has 0 aromatic heterocycles. The van der Waals surface area contributed by atoms with Gasteiger partial charge in [-0.15, -0.1) is 0 Å². The van der Waals surface area contributed by atoms with Crippen molar-refractivity contribution in [2.45, 2.75) is 37.9 Å². The van der Waals surface area contributed by atoms with E-state index in [0.29, 0.717) is 31.0 Å². The molecule has 0 aliphatic carbocycles. The Balaban J connectivity index is 1.43. The highest BCUT2D eigenvalue weighted by molar-refractivity contribution is 7.90. The zero-order valence-electron chi connectivity index (χ0n) is 18.1. The predicted molar refractivity (Wildman–Crippen MR) is 124 cm³/mol. The number of hydrogen-bond acceptors (Lipinski definition) is 4. The highest BCUT2D eigenvalue weighted by atomic mass is 32.2. The molecule has 5 rings (SSSR count). The van der Waals surface area contributed by atoms with Crippen molar-refractivity contribution >= 4 is 21.5 Å². The van der Waals surface area contributed by atoms with Crippen molar-refractivity contribution in [3.05, 3.63) is 99.6 Å². The number of carbonyl (C=O) groups is 1. The summed E-state index contributed by atoms with van der Waals surface area (Å²) < 4.78 is 23.5. The summed E-state index contributed by atoms with van der Waals surface area (Å²) in [5, 5.41) is 0. The first-order chi connectivity index (χ1) is 15.3. The first-order valence-corrected chi connectivity index (χ1v) is 12.5. The second-order valence-corrected chi connectivity index (χ2v) is 10.7. The highest BCUT2D eigenvalue weighted by Crippen LogP contribution is 2.30. The van der Waals surface area contributed by atoms with Crippen molar-refractivity contribution in [3.63, 3.8) is 0 Å². The fourth-order valence-electron chi connectivity index (χ4n) is 4.50. The van der Waals surface area contributed by atoms with Gasteiger partial charge in [0.25, 0.3) is 0 Å². The van der Waals surface area contributed by atoms with Gasteiger partial charge < -0.3 is 4.90 Å². The third kappa shape index (κ3) is 3.86. The Morgan fingerprint density at radius 1 is 0.969 bits per heavy atom. The molecule has 0 atom stereocenters. The Bertz CT molecular complexity index is 1370. The summed E-state index contributed by atoms with van der Waals surface area (Å²) in [6.07, 6.45) is 1.62. The van der Waals surface area contributed by atoms with E-state index in [0.717, 1.165) is 39.1 Å². The standard InChI is InChI=1S/C26H24N2O3S/c1-17-4-3-5-18(10-17)15-28-16-22-12-24-21(11-20(22)13-25(28)29)14-27-26(24)19-6-8-23(9-7-19)32(2,30)31/h3-12H,13-16H2,1-2H3. The van der Waals surface area contributed by atoms with Crippen molar-refractivity contribution in [3.8, 4) is 0 Å². The number of fused-ring (bicyclic) bond motifs is 2. The molecule has 2 aliphatic rings. The lowest BCUT2D eigenvalue weighted by Gasteiger charge is -2.29. The van der Waals surface area contributed by atoms with E-state index in [-0.39, 0.29) is 5.91 Å². The summed E-state index contributed by atoms with van der Waals surface area (Å²) in [5.41, 5.74) is 8.52. The highest BCUT2D eigenvalue weighted by Gasteiger charge is 2.27. The van der Waals surface area contributed by atoms with Crippen LogP contribution in [0.25, 0.3) is 0 Å². The molecule has 0 N–H and O–H groups in total. The van der Waals surface area contributed by atoms with Gasteiger partial charge in [-0.25, -0.2) is 8.42 Å². The normalized spacial score (nSPS) is 15.4. The predicted octanol–water partition coefficient (Wildman–Crippen LogP) is 3.83. The molecule has 0 bridgehead atoms. The lowest BCUT2D eigenvalue weighted by Crippen LogP contribution is -2.35. The molecule has 1 amide bonds. The number of nitrogens with zero attached hydrogens (tertiary/aromatic N) is 2. The lowest BCUT2D eigenvalue weighted by molar-refractivity contribution is -0.132. The van der Waals surface area contributed by atoms with Crippen LogP contribution in [-0.4, -0.2) is 31.2 Å². The Hall–Kier alpha value is -3.25. The van der Waals surface area contributed by atoms with Gasteiger partial charge in [-0.3, -0.25) is 9.79 Å². The number of hydrogen-bond donors (Lipinski definition) is 0. The summed E-state index contributed by atoms with van der Waals surface area (Å²) in [5.74, 6) is 0.148. The van der Waals surface area contributed by atoms with Crippen molar-refractivity contribution in [2.24, 2.45) is 4.99 Å². The van der Waals surface area contributed by atoms with Crippen LogP contribution in [0, 0.1) is 6.92 Å². The zero-order chi connectivity index (χ0) is 22.5. The molecule has 6 heteroatoms. The van der Waals surface area contributed by atoms with E-state index in [2.05, 4.69) is 37.3 Å². The minimum absolute atomic E-state index is 0.148. The summed E-state index contributed by atoms with van der Waals surface area (Å²) >= 11 is 0. The summed E-state index contributed by atoms with van der Waals surface area (Å²) in [6, 6.07) is 19.4. The van der Waals surface area contributed by atoms with Crippen molar-refractivity contribution in [2.75, 3.05) is 6.26 Å². The second-order valence-electron chi connectivity index (χ2n) is 8.66. The number of sulfone groups is 1. The third-order valence-electron chi connectivity index (χ3n) is 6.16. The Morgan fingerprint density at radius 2 is 1.75 bits per heavy atom. The maximum absolute atomic E-state index is 12.8. The zero-order valence-corrected chi connectivity index (χ0v) is 18.9. The first kappa shape index (κ1) is 20.6. The van der Waals surface area contributed by atoms with Gasteiger partial charge >= 0.3 is 0 Å². The monoisotopic (exact) mass is 444 g/mol. The molecular formula is C26H24N2O3S. The maximum atomic E-state index is 12.8. The van der Waals surface area contributed by atoms with Gasteiger partial charge in [-0.2, -0.15) is 0 Å². The number of carbonyl (C=O) groups excluding carboxylic acids is 1. The summed E-state index contributed by atoms with van der Waals surface area (Å²) in [4.78, 5) is 19.7. The molecule has 0 radical (unpaired) electrons. The molecule has 5 nitrogen and oxygen atoms in total. The second kappa shape index (κ2) is 7.71. The SMILES string of the molecule is Cc1cccc(CN2Cc3cc4c(cc3CC2=O)CN=C4c2ccc(S(C)(=O)=O)cc2)c1. The van der Waals surface area contributed by atoms with E-state index in [1.165, 1.54) is 11.8 Å². The van der Waals surface area contributed by atoms with E-state index in [1.807, 2.05) is 23.1 Å². The van der Waals surface area contributed by atoms with Crippen molar-refractivity contribution in [1.29, 1.82) is 0 Å². The number of rotatable bonds is 4. The number of benzene rings is 3. The first-order valence-electron chi connectivity index (χ1n) is 10.6. The summed E-state index contributed by atoms with van der Waals surface area (Å²) in [7, 11) is -3.23. The topological polar surface area (TPSA) is 66.8 Å². The molecule has 0 saturated heterocycles. The van der Waals surface area contributed by atoms with Crippen molar-refractivity contribution < 1.29 is 13.2 Å². The fourth-order valence-corrected chi connectivity index (χ4v) is 5.13. The van der Waals surface area contributed by atoms with Crippen LogP contribution in [0.3, 0.4) is 0 Å². The van der Waals surface area contributed by atoms with Crippen LogP contribution in [0.1, 0.15) is 38.9 Å².